The molecule has 64 heavy (non-hydrogen) atoms. The number of imidazole rings is 1. The van der Waals surface area contributed by atoms with Crippen molar-refractivity contribution in [1.82, 2.24) is 14.5 Å². The van der Waals surface area contributed by atoms with E-state index in [1.54, 1.807) is 15.8 Å². The standard InChI is InChI=1S/C55H48N4O5/c60-49-50(64-55(44-30-16-5-17-31-44,45-32-18-6-19-33-45)46-34-20-7-21-35-46)47(63-53(49)59-39-56-48-51(59)57-38-58(52(48)61)36-40-22-8-1-9-23-40)37-62-54(41-24-10-2-11-25-41,42-26-12-3-13-27-42)43-28-14-4-15-29-43/h1-35,39,47,49-50,53,60-61H,36-38H2/t47-,49-,50-,53-/m1/s1. The van der Waals surface area contributed by atoms with Gasteiger partial charge in [0.25, 0.3) is 0 Å². The molecule has 4 atom stereocenters. The Labute approximate surface area is 372 Å². The van der Waals surface area contributed by atoms with Gasteiger partial charge in [-0.2, -0.15) is 0 Å². The lowest BCUT2D eigenvalue weighted by Crippen LogP contribution is -2.47. The molecule has 10 rings (SSSR count). The molecule has 2 aliphatic rings. The molecule has 2 aliphatic heterocycles. The predicted molar refractivity (Wildman–Crippen MR) is 245 cm³/mol. The lowest BCUT2D eigenvalue weighted by atomic mass is 9.79. The highest BCUT2D eigenvalue weighted by atomic mass is 16.6. The highest BCUT2D eigenvalue weighted by Gasteiger charge is 2.52. The summed E-state index contributed by atoms with van der Waals surface area (Å²) in [7, 11) is 0. The maximum Gasteiger partial charge on any atom is 0.219 e. The summed E-state index contributed by atoms with van der Waals surface area (Å²) in [5, 5.41) is 24.8. The van der Waals surface area contributed by atoms with Crippen LogP contribution in [0.1, 0.15) is 45.2 Å². The van der Waals surface area contributed by atoms with Crippen LogP contribution in [0.2, 0.25) is 0 Å². The first kappa shape index (κ1) is 40.9. The summed E-state index contributed by atoms with van der Waals surface area (Å²) in [4.78, 5) is 11.3. The summed E-state index contributed by atoms with van der Waals surface area (Å²) >= 11 is 0. The van der Waals surface area contributed by atoms with Crippen molar-refractivity contribution in [1.29, 1.82) is 0 Å². The Hall–Kier alpha value is -7.14. The van der Waals surface area contributed by atoms with E-state index in [-0.39, 0.29) is 19.2 Å². The van der Waals surface area contributed by atoms with Crippen LogP contribution in [0.25, 0.3) is 5.88 Å². The molecule has 1 fully saturated rings. The second-order valence-electron chi connectivity index (χ2n) is 16.1. The molecule has 318 valence electrons. The van der Waals surface area contributed by atoms with Crippen LogP contribution in [0.15, 0.2) is 224 Å². The molecule has 0 aliphatic carbocycles. The van der Waals surface area contributed by atoms with Crippen LogP contribution >= 0.6 is 0 Å². The molecule has 0 unspecified atom stereocenters. The lowest BCUT2D eigenvalue weighted by Gasteiger charge is -2.41. The lowest BCUT2D eigenvalue weighted by molar-refractivity contribution is -0.131. The zero-order valence-corrected chi connectivity index (χ0v) is 35.1. The Bertz CT molecular complexity index is 2690. The Morgan fingerprint density at radius 2 is 0.969 bits per heavy atom. The fourth-order valence-corrected chi connectivity index (χ4v) is 9.28. The Kier molecular flexibility index (Phi) is 11.5. The van der Waals surface area contributed by atoms with Crippen LogP contribution in [-0.4, -0.2) is 56.3 Å². The average Bonchev–Trinajstić information content (AvgIpc) is 3.94. The maximum absolute atomic E-state index is 12.9. The molecule has 1 aromatic heterocycles. The van der Waals surface area contributed by atoms with E-state index in [2.05, 4.69) is 77.8 Å². The van der Waals surface area contributed by atoms with Crippen molar-refractivity contribution in [2.24, 2.45) is 4.99 Å². The molecule has 2 N–H and O–H groups in total. The Morgan fingerprint density at radius 3 is 1.41 bits per heavy atom. The third-order valence-electron chi connectivity index (χ3n) is 12.3. The van der Waals surface area contributed by atoms with Crippen molar-refractivity contribution in [2.45, 2.75) is 42.3 Å². The fraction of sp³-hybridized carbons (Fsp3) is 0.164. The highest BCUT2D eigenvalue weighted by Crippen LogP contribution is 2.46. The third kappa shape index (κ3) is 7.48. The molecule has 9 nitrogen and oxygen atoms in total. The monoisotopic (exact) mass is 844 g/mol. The van der Waals surface area contributed by atoms with Gasteiger partial charge in [-0.15, -0.1) is 0 Å². The molecular formula is C55H48N4O5. The van der Waals surface area contributed by atoms with Gasteiger partial charge in [0, 0.05) is 6.54 Å². The van der Waals surface area contributed by atoms with Crippen molar-refractivity contribution < 1.29 is 24.4 Å². The summed E-state index contributed by atoms with van der Waals surface area (Å²) in [5.74, 6) is 0.00221. The van der Waals surface area contributed by atoms with Crippen molar-refractivity contribution in [3.8, 4) is 0 Å². The normalized spacial score (nSPS) is 18.6. The summed E-state index contributed by atoms with van der Waals surface area (Å²) in [6, 6.07) is 70.8. The predicted octanol–water partition coefficient (Wildman–Crippen LogP) is 8.24. The number of ether oxygens (including phenoxy) is 3. The number of benzene rings is 7. The Morgan fingerprint density at radius 1 is 0.562 bits per heavy atom. The van der Waals surface area contributed by atoms with Gasteiger partial charge in [0.15, 0.2) is 17.1 Å². The van der Waals surface area contributed by atoms with E-state index in [9.17, 15) is 10.2 Å². The van der Waals surface area contributed by atoms with E-state index in [1.807, 2.05) is 140 Å². The summed E-state index contributed by atoms with van der Waals surface area (Å²) < 4.78 is 23.9. The number of aliphatic hydroxyl groups excluding tert-OH is 2. The van der Waals surface area contributed by atoms with E-state index in [0.29, 0.717) is 17.4 Å². The quantitative estimate of drug-likeness (QED) is 0.106. The third-order valence-corrected chi connectivity index (χ3v) is 12.3. The first-order chi connectivity index (χ1) is 31.6. The van der Waals surface area contributed by atoms with Crippen molar-refractivity contribution >= 4 is 5.88 Å². The van der Waals surface area contributed by atoms with Gasteiger partial charge in [0.1, 0.15) is 36.2 Å². The number of nitrogens with zero attached hydrogens (tertiary/aromatic N) is 4. The maximum atomic E-state index is 12.9. The molecular weight excluding hydrogens is 797 g/mol. The zero-order chi connectivity index (χ0) is 43.4. The number of rotatable bonds is 14. The second-order valence-corrected chi connectivity index (χ2v) is 16.1. The number of aromatic nitrogens is 2. The van der Waals surface area contributed by atoms with Gasteiger partial charge >= 0.3 is 0 Å². The number of fused-ring (bicyclic) bond motifs is 1. The van der Waals surface area contributed by atoms with E-state index in [1.165, 1.54) is 0 Å². The Balaban J connectivity index is 1.11. The largest absolute Gasteiger partial charge is 0.493 e. The van der Waals surface area contributed by atoms with Crippen LogP contribution in [0.4, 0.5) is 0 Å². The first-order valence-corrected chi connectivity index (χ1v) is 21.6. The van der Waals surface area contributed by atoms with Gasteiger partial charge < -0.3 is 29.3 Å². The minimum Gasteiger partial charge on any atom is -0.493 e. The number of hydrogen-bond acceptors (Lipinski definition) is 8. The zero-order valence-electron chi connectivity index (χ0n) is 35.1. The van der Waals surface area contributed by atoms with Crippen LogP contribution in [0.5, 0.6) is 0 Å². The van der Waals surface area contributed by atoms with Crippen molar-refractivity contribution in [3.63, 3.8) is 0 Å². The van der Waals surface area contributed by atoms with Gasteiger partial charge in [0.05, 0.1) is 12.9 Å². The van der Waals surface area contributed by atoms with Crippen LogP contribution < -0.4 is 10.8 Å². The van der Waals surface area contributed by atoms with Gasteiger partial charge in [-0.1, -0.05) is 212 Å². The molecule has 3 heterocycles. The second kappa shape index (κ2) is 17.9. The van der Waals surface area contributed by atoms with Crippen LogP contribution in [0, 0.1) is 0 Å². The molecule has 7 aromatic carbocycles. The fourth-order valence-electron chi connectivity index (χ4n) is 9.28. The molecule has 0 spiro atoms. The van der Waals surface area contributed by atoms with Crippen LogP contribution in [0.3, 0.4) is 0 Å². The molecule has 0 amide bonds. The number of hydrogen-bond donors (Lipinski definition) is 2. The molecule has 0 saturated carbocycles. The van der Waals surface area contributed by atoms with Gasteiger partial charge in [-0.25, -0.2) is 9.98 Å². The highest BCUT2D eigenvalue weighted by molar-refractivity contribution is 5.49. The molecule has 8 aromatic rings. The molecule has 0 bridgehead atoms. The smallest absolute Gasteiger partial charge is 0.219 e. The van der Waals surface area contributed by atoms with Crippen molar-refractivity contribution in [3.05, 3.63) is 268 Å². The number of aliphatic hydroxyl groups is 2. The van der Waals surface area contributed by atoms with E-state index in [0.717, 1.165) is 38.9 Å². The topological polar surface area (TPSA) is 102 Å². The minimum atomic E-state index is -1.26. The summed E-state index contributed by atoms with van der Waals surface area (Å²) in [5.41, 5.74) is 4.57. The van der Waals surface area contributed by atoms with Gasteiger partial charge in [0.2, 0.25) is 5.88 Å². The average molecular weight is 845 g/mol. The summed E-state index contributed by atoms with van der Waals surface area (Å²) in [6.07, 6.45) is -2.54. The van der Waals surface area contributed by atoms with E-state index < -0.39 is 35.7 Å². The van der Waals surface area contributed by atoms with E-state index >= 15 is 0 Å². The minimum absolute atomic E-state index is 0.00160. The van der Waals surface area contributed by atoms with Gasteiger partial charge in [-0.05, 0) is 38.9 Å². The van der Waals surface area contributed by atoms with Crippen molar-refractivity contribution in [2.75, 3.05) is 13.3 Å². The molecule has 0 radical (unpaired) electrons. The van der Waals surface area contributed by atoms with E-state index in [4.69, 9.17) is 19.2 Å². The molecule has 9 heteroatoms. The first-order valence-electron chi connectivity index (χ1n) is 21.6. The SMILES string of the molecule is OC1=c2ncn([C@@H]3O[C@H](COC(c4ccccc4)(c4ccccc4)c4ccccc4)[C@@H](OC(c4ccccc4)(c4ccccc4)c4ccccc4)[C@H]3O)c2=NCN1Cc1ccccc1. The van der Waals surface area contributed by atoms with Gasteiger partial charge in [-0.3, -0.25) is 4.57 Å². The summed E-state index contributed by atoms with van der Waals surface area (Å²) in [6.45, 7) is 0.635. The van der Waals surface area contributed by atoms with Crippen LogP contribution in [-0.2, 0) is 32.0 Å². The molecule has 1 saturated heterocycles.